The van der Waals surface area contributed by atoms with Crippen molar-refractivity contribution >= 4 is 39.1 Å². The summed E-state index contributed by atoms with van der Waals surface area (Å²) in [5, 5.41) is 3.22. The summed E-state index contributed by atoms with van der Waals surface area (Å²) in [5.74, 6) is 0.817. The maximum Gasteiger partial charge on any atom is 0.262 e. The van der Waals surface area contributed by atoms with Gasteiger partial charge in [0.25, 0.3) is 5.91 Å². The maximum absolute atomic E-state index is 12.0. The summed E-state index contributed by atoms with van der Waals surface area (Å²) < 4.78 is 6.49. The van der Waals surface area contributed by atoms with Crippen LogP contribution >= 0.6 is 27.5 Å². The number of hydrogen-bond acceptors (Lipinski definition) is 2. The summed E-state index contributed by atoms with van der Waals surface area (Å²) in [6.07, 6.45) is 0. The molecule has 0 saturated heterocycles. The van der Waals surface area contributed by atoms with Gasteiger partial charge in [-0.2, -0.15) is 0 Å². The van der Waals surface area contributed by atoms with Crippen LogP contribution in [0.3, 0.4) is 0 Å². The number of para-hydroxylation sites is 1. The molecule has 0 bridgehead atoms. The Hall–Kier alpha value is -1.52. The van der Waals surface area contributed by atoms with Gasteiger partial charge in [-0.25, -0.2) is 0 Å². The minimum Gasteiger partial charge on any atom is -0.483 e. The highest BCUT2D eigenvalue weighted by molar-refractivity contribution is 9.10. The zero-order chi connectivity index (χ0) is 16.1. The number of ether oxygens (including phenoxy) is 1. The van der Waals surface area contributed by atoms with E-state index in [9.17, 15) is 4.79 Å². The highest BCUT2D eigenvalue weighted by Crippen LogP contribution is 2.27. The number of benzene rings is 2. The van der Waals surface area contributed by atoms with Crippen LogP contribution in [-0.2, 0) is 4.79 Å². The minimum absolute atomic E-state index is 0.0594. The van der Waals surface area contributed by atoms with Gasteiger partial charge in [0.1, 0.15) is 5.75 Å². The summed E-state index contributed by atoms with van der Waals surface area (Å²) in [6.45, 7) is 4.11. The van der Waals surface area contributed by atoms with Crippen LogP contribution in [0.4, 0.5) is 5.69 Å². The summed E-state index contributed by atoms with van der Waals surface area (Å²) in [6, 6.07) is 13.0. The van der Waals surface area contributed by atoms with Crippen molar-refractivity contribution < 1.29 is 9.53 Å². The molecule has 116 valence electrons. The van der Waals surface area contributed by atoms with E-state index in [0.717, 1.165) is 15.8 Å². The molecule has 0 fully saturated rings. The number of halogens is 2. The van der Waals surface area contributed by atoms with Crippen molar-refractivity contribution in [3.8, 4) is 5.75 Å². The van der Waals surface area contributed by atoms with E-state index < -0.39 is 0 Å². The molecule has 1 N–H and O–H groups in total. The highest BCUT2D eigenvalue weighted by atomic mass is 79.9. The van der Waals surface area contributed by atoms with Crippen LogP contribution in [-0.4, -0.2) is 12.5 Å². The fraction of sp³-hybridized carbons (Fsp3) is 0.235. The van der Waals surface area contributed by atoms with Crippen molar-refractivity contribution in [3.63, 3.8) is 0 Å². The molecule has 0 aliphatic rings. The quantitative estimate of drug-likeness (QED) is 0.767. The average molecular weight is 383 g/mol. The number of rotatable bonds is 5. The van der Waals surface area contributed by atoms with Crippen LogP contribution in [0.25, 0.3) is 0 Å². The first-order valence-electron chi connectivity index (χ1n) is 6.94. The van der Waals surface area contributed by atoms with Crippen molar-refractivity contribution in [1.82, 2.24) is 0 Å². The van der Waals surface area contributed by atoms with E-state index in [-0.39, 0.29) is 12.5 Å². The normalized spacial score (nSPS) is 10.6. The Morgan fingerprint density at radius 1 is 1.27 bits per heavy atom. The molecule has 0 aliphatic carbocycles. The average Bonchev–Trinajstić information content (AvgIpc) is 2.48. The van der Waals surface area contributed by atoms with Crippen molar-refractivity contribution in [3.05, 3.63) is 57.5 Å². The summed E-state index contributed by atoms with van der Waals surface area (Å²) in [4.78, 5) is 12.0. The second kappa shape index (κ2) is 7.65. The predicted octanol–water partition coefficient (Wildman–Crippen LogP) is 5.24. The number of nitrogens with one attached hydrogen (secondary N) is 1. The first-order valence-corrected chi connectivity index (χ1v) is 8.11. The van der Waals surface area contributed by atoms with Gasteiger partial charge >= 0.3 is 0 Å². The van der Waals surface area contributed by atoms with Gasteiger partial charge in [0.2, 0.25) is 0 Å². The van der Waals surface area contributed by atoms with E-state index in [1.807, 2.05) is 30.3 Å². The topological polar surface area (TPSA) is 38.3 Å². The van der Waals surface area contributed by atoms with E-state index in [0.29, 0.717) is 16.6 Å². The van der Waals surface area contributed by atoms with E-state index in [1.165, 1.54) is 0 Å². The molecule has 0 saturated carbocycles. The summed E-state index contributed by atoms with van der Waals surface area (Å²) in [5.41, 5.74) is 1.65. The number of carbonyl (C=O) groups excluding carboxylic acids is 1. The third-order valence-corrected chi connectivity index (χ3v) is 3.91. The van der Waals surface area contributed by atoms with Crippen molar-refractivity contribution in [2.24, 2.45) is 0 Å². The lowest BCUT2D eigenvalue weighted by atomic mass is 10.0. The van der Waals surface area contributed by atoms with Gasteiger partial charge in [-0.1, -0.05) is 59.6 Å². The van der Waals surface area contributed by atoms with Crippen LogP contribution in [0.2, 0.25) is 5.02 Å². The van der Waals surface area contributed by atoms with Gasteiger partial charge in [-0.15, -0.1) is 0 Å². The van der Waals surface area contributed by atoms with Gasteiger partial charge in [-0.3, -0.25) is 4.79 Å². The Morgan fingerprint density at radius 2 is 2.00 bits per heavy atom. The Kier molecular flexibility index (Phi) is 5.86. The Bertz CT molecular complexity index is 673. The van der Waals surface area contributed by atoms with Gasteiger partial charge in [0, 0.05) is 4.47 Å². The molecule has 2 rings (SSSR count). The highest BCUT2D eigenvalue weighted by Gasteiger charge is 2.10. The Morgan fingerprint density at radius 3 is 2.68 bits per heavy atom. The minimum atomic E-state index is -0.247. The van der Waals surface area contributed by atoms with Gasteiger partial charge in [0.15, 0.2) is 6.61 Å². The molecule has 5 heteroatoms. The van der Waals surface area contributed by atoms with Crippen LogP contribution in [0.5, 0.6) is 5.75 Å². The van der Waals surface area contributed by atoms with Crippen LogP contribution in [0, 0.1) is 0 Å². The summed E-state index contributed by atoms with van der Waals surface area (Å²) >= 11 is 9.40. The van der Waals surface area contributed by atoms with Crippen LogP contribution in [0.1, 0.15) is 25.3 Å². The van der Waals surface area contributed by atoms with E-state index in [4.69, 9.17) is 16.3 Å². The molecule has 0 aliphatic heterocycles. The lowest BCUT2D eigenvalue weighted by molar-refractivity contribution is -0.118. The largest absolute Gasteiger partial charge is 0.483 e. The lowest BCUT2D eigenvalue weighted by Gasteiger charge is -2.14. The Labute approximate surface area is 143 Å². The van der Waals surface area contributed by atoms with Crippen molar-refractivity contribution in [1.29, 1.82) is 0 Å². The van der Waals surface area contributed by atoms with Gasteiger partial charge in [0.05, 0.1) is 10.7 Å². The second-order valence-electron chi connectivity index (χ2n) is 5.15. The smallest absolute Gasteiger partial charge is 0.262 e. The van der Waals surface area contributed by atoms with Crippen molar-refractivity contribution in [2.75, 3.05) is 11.9 Å². The molecule has 2 aromatic rings. The molecular weight excluding hydrogens is 366 g/mol. The second-order valence-corrected chi connectivity index (χ2v) is 6.48. The molecule has 3 nitrogen and oxygen atoms in total. The molecule has 0 radical (unpaired) electrons. The molecule has 0 heterocycles. The first kappa shape index (κ1) is 16.8. The first-order chi connectivity index (χ1) is 10.5. The lowest BCUT2D eigenvalue weighted by Crippen LogP contribution is -2.20. The monoisotopic (exact) mass is 381 g/mol. The number of anilines is 1. The molecule has 0 atom stereocenters. The molecule has 0 unspecified atom stereocenters. The number of hydrogen-bond donors (Lipinski definition) is 1. The fourth-order valence-corrected chi connectivity index (χ4v) is 2.73. The predicted molar refractivity (Wildman–Crippen MR) is 93.8 cm³/mol. The molecule has 0 spiro atoms. The van der Waals surface area contributed by atoms with Gasteiger partial charge < -0.3 is 10.1 Å². The molecule has 2 aromatic carbocycles. The van der Waals surface area contributed by atoms with E-state index in [2.05, 4.69) is 35.1 Å². The maximum atomic E-state index is 12.0. The van der Waals surface area contributed by atoms with E-state index >= 15 is 0 Å². The standard InChI is InChI=1S/C17H17BrClNO2/c1-11(2)13-5-3-4-6-16(13)22-10-17(21)20-15-8-7-12(18)9-14(15)19/h3-9,11H,10H2,1-2H3,(H,20,21). The SMILES string of the molecule is CC(C)c1ccccc1OCC(=O)Nc1ccc(Br)cc1Cl. The zero-order valence-corrected chi connectivity index (χ0v) is 14.7. The van der Waals surface area contributed by atoms with Crippen LogP contribution in [0.15, 0.2) is 46.9 Å². The van der Waals surface area contributed by atoms with Gasteiger partial charge in [-0.05, 0) is 35.7 Å². The fourth-order valence-electron chi connectivity index (χ4n) is 2.01. The summed E-state index contributed by atoms with van der Waals surface area (Å²) in [7, 11) is 0. The number of carbonyl (C=O) groups is 1. The number of amides is 1. The Balaban J connectivity index is 1.99. The van der Waals surface area contributed by atoms with Crippen LogP contribution < -0.4 is 10.1 Å². The molecule has 22 heavy (non-hydrogen) atoms. The third kappa shape index (κ3) is 4.49. The van der Waals surface area contributed by atoms with Crippen molar-refractivity contribution in [2.45, 2.75) is 19.8 Å². The van der Waals surface area contributed by atoms with E-state index in [1.54, 1.807) is 12.1 Å². The third-order valence-electron chi connectivity index (χ3n) is 3.11. The molecule has 1 amide bonds. The zero-order valence-electron chi connectivity index (χ0n) is 12.4. The molecular formula is C17H17BrClNO2. The molecule has 0 aromatic heterocycles.